The van der Waals surface area contributed by atoms with E-state index in [1.807, 2.05) is 6.07 Å². The molecule has 4 nitrogen and oxygen atoms in total. The Morgan fingerprint density at radius 3 is 2.65 bits per heavy atom. The van der Waals surface area contributed by atoms with Crippen molar-refractivity contribution in [1.29, 1.82) is 0 Å². The number of hydrogen-bond acceptors (Lipinski definition) is 4. The summed E-state index contributed by atoms with van der Waals surface area (Å²) in [6.07, 6.45) is 3.38. The molecule has 0 atom stereocenters. The molecule has 1 heterocycles. The van der Waals surface area contributed by atoms with Gasteiger partial charge in [0.1, 0.15) is 17.5 Å². The second kappa shape index (κ2) is 4.90. The van der Waals surface area contributed by atoms with Gasteiger partial charge in [-0.2, -0.15) is 0 Å². The molecule has 1 aromatic rings. The maximum absolute atomic E-state index is 5.85. The van der Waals surface area contributed by atoms with Gasteiger partial charge in [0, 0.05) is 25.1 Å². The Kier molecular flexibility index (Phi) is 3.50. The molecule has 1 aliphatic carbocycles. The van der Waals surface area contributed by atoms with Gasteiger partial charge in [0.15, 0.2) is 0 Å². The van der Waals surface area contributed by atoms with E-state index in [1.165, 1.54) is 12.8 Å². The zero-order chi connectivity index (χ0) is 12.4. The first-order valence-electron chi connectivity index (χ1n) is 6.50. The maximum Gasteiger partial charge on any atom is 0.134 e. The lowest BCUT2D eigenvalue weighted by Gasteiger charge is -2.25. The molecule has 0 spiro atoms. The highest BCUT2D eigenvalue weighted by atomic mass is 15.2. The third-order valence-electron chi connectivity index (χ3n) is 2.94. The molecule has 4 heteroatoms. The van der Waals surface area contributed by atoms with Crippen LogP contribution in [0.5, 0.6) is 0 Å². The lowest BCUT2D eigenvalue weighted by molar-refractivity contribution is 0.601. The number of nitrogens with two attached hydrogens (primary N) is 1. The van der Waals surface area contributed by atoms with Gasteiger partial charge in [0.2, 0.25) is 0 Å². The molecule has 1 fully saturated rings. The van der Waals surface area contributed by atoms with Crippen LogP contribution < -0.4 is 10.6 Å². The van der Waals surface area contributed by atoms with Crippen LogP contribution in [0.15, 0.2) is 6.07 Å². The Bertz CT molecular complexity index is 385. The number of nitrogens with zero attached hydrogens (tertiary/aromatic N) is 3. The molecule has 0 aliphatic heterocycles. The monoisotopic (exact) mass is 234 g/mol. The fourth-order valence-electron chi connectivity index (χ4n) is 2.02. The Hall–Kier alpha value is -1.32. The summed E-state index contributed by atoms with van der Waals surface area (Å²) in [6.45, 7) is 7.58. The van der Waals surface area contributed by atoms with Gasteiger partial charge in [0.25, 0.3) is 0 Å². The second-order valence-corrected chi connectivity index (χ2v) is 5.20. The van der Waals surface area contributed by atoms with E-state index in [9.17, 15) is 0 Å². The van der Waals surface area contributed by atoms with E-state index in [0.29, 0.717) is 17.8 Å². The molecule has 0 amide bonds. The van der Waals surface area contributed by atoms with Crippen molar-refractivity contribution in [3.05, 3.63) is 11.9 Å². The molecular weight excluding hydrogens is 212 g/mol. The molecule has 0 radical (unpaired) electrons. The summed E-state index contributed by atoms with van der Waals surface area (Å²) >= 11 is 0. The Morgan fingerprint density at radius 2 is 2.12 bits per heavy atom. The van der Waals surface area contributed by atoms with Crippen molar-refractivity contribution in [3.63, 3.8) is 0 Å². The summed E-state index contributed by atoms with van der Waals surface area (Å²) in [5.74, 6) is 3.07. The van der Waals surface area contributed by atoms with Crippen molar-refractivity contribution < 1.29 is 0 Å². The van der Waals surface area contributed by atoms with E-state index in [2.05, 4.69) is 35.6 Å². The first-order chi connectivity index (χ1) is 8.10. The van der Waals surface area contributed by atoms with Gasteiger partial charge in [-0.25, -0.2) is 9.97 Å². The van der Waals surface area contributed by atoms with Crippen LogP contribution in [0.2, 0.25) is 0 Å². The van der Waals surface area contributed by atoms with Crippen molar-refractivity contribution in [2.24, 2.45) is 5.92 Å². The van der Waals surface area contributed by atoms with Crippen LogP contribution in [0, 0.1) is 5.92 Å². The Morgan fingerprint density at radius 1 is 1.41 bits per heavy atom. The molecule has 0 unspecified atom stereocenters. The first kappa shape index (κ1) is 12.1. The highest BCUT2D eigenvalue weighted by Crippen LogP contribution is 2.31. The van der Waals surface area contributed by atoms with Crippen LogP contribution in [-0.2, 0) is 6.42 Å². The molecule has 2 N–H and O–H groups in total. The van der Waals surface area contributed by atoms with Crippen molar-refractivity contribution in [2.75, 3.05) is 17.2 Å². The van der Waals surface area contributed by atoms with E-state index in [4.69, 9.17) is 5.73 Å². The molecule has 1 saturated carbocycles. The SMILES string of the molecule is CCc1nc(N)cc(N(CC(C)C)C2CC2)n1. The van der Waals surface area contributed by atoms with Crippen molar-refractivity contribution in [1.82, 2.24) is 9.97 Å². The molecule has 1 aliphatic rings. The fourth-order valence-corrected chi connectivity index (χ4v) is 2.02. The third kappa shape index (κ3) is 3.08. The predicted molar refractivity (Wildman–Crippen MR) is 71.0 cm³/mol. The van der Waals surface area contributed by atoms with E-state index >= 15 is 0 Å². The molecule has 1 aromatic heterocycles. The van der Waals surface area contributed by atoms with Gasteiger partial charge in [-0.15, -0.1) is 0 Å². The third-order valence-corrected chi connectivity index (χ3v) is 2.94. The molecule has 0 aromatic carbocycles. The summed E-state index contributed by atoms with van der Waals surface area (Å²) in [6, 6.07) is 2.57. The topological polar surface area (TPSA) is 55.0 Å². The number of anilines is 2. The number of nitrogen functional groups attached to an aromatic ring is 1. The minimum absolute atomic E-state index is 0.584. The van der Waals surface area contributed by atoms with Gasteiger partial charge < -0.3 is 10.6 Å². The standard InChI is InChI=1S/C13H22N4/c1-4-12-15-11(14)7-13(16-12)17(8-9(2)3)10-5-6-10/h7,9-10H,4-6,8H2,1-3H3,(H2,14,15,16). The van der Waals surface area contributed by atoms with E-state index in [1.54, 1.807) is 0 Å². The van der Waals surface area contributed by atoms with Crippen LogP contribution in [0.4, 0.5) is 11.6 Å². The average Bonchev–Trinajstić information content (AvgIpc) is 3.08. The zero-order valence-corrected chi connectivity index (χ0v) is 11.0. The molecule has 17 heavy (non-hydrogen) atoms. The van der Waals surface area contributed by atoms with Crippen molar-refractivity contribution in [3.8, 4) is 0 Å². The summed E-state index contributed by atoms with van der Waals surface area (Å²) in [7, 11) is 0. The van der Waals surface area contributed by atoms with Crippen molar-refractivity contribution >= 4 is 11.6 Å². The van der Waals surface area contributed by atoms with Crippen LogP contribution in [-0.4, -0.2) is 22.6 Å². The lowest BCUT2D eigenvalue weighted by Crippen LogP contribution is -2.31. The molecule has 0 bridgehead atoms. The second-order valence-electron chi connectivity index (χ2n) is 5.20. The highest BCUT2D eigenvalue weighted by molar-refractivity contribution is 5.48. The van der Waals surface area contributed by atoms with Crippen LogP contribution in [0.25, 0.3) is 0 Å². The lowest BCUT2D eigenvalue weighted by atomic mass is 10.2. The number of aromatic nitrogens is 2. The Balaban J connectivity index is 2.25. The van der Waals surface area contributed by atoms with Gasteiger partial charge in [0.05, 0.1) is 0 Å². The minimum Gasteiger partial charge on any atom is -0.384 e. The molecule has 0 saturated heterocycles. The summed E-state index contributed by atoms with van der Waals surface area (Å²) < 4.78 is 0. The van der Waals surface area contributed by atoms with E-state index in [-0.39, 0.29) is 0 Å². The van der Waals surface area contributed by atoms with Crippen LogP contribution in [0.3, 0.4) is 0 Å². The molecule has 2 rings (SSSR count). The average molecular weight is 234 g/mol. The smallest absolute Gasteiger partial charge is 0.134 e. The van der Waals surface area contributed by atoms with Crippen LogP contribution in [0.1, 0.15) is 39.4 Å². The van der Waals surface area contributed by atoms with Gasteiger partial charge in [-0.1, -0.05) is 20.8 Å². The normalized spacial score (nSPS) is 15.3. The first-order valence-corrected chi connectivity index (χ1v) is 6.50. The number of rotatable bonds is 5. The van der Waals surface area contributed by atoms with E-state index < -0.39 is 0 Å². The fraction of sp³-hybridized carbons (Fsp3) is 0.692. The number of hydrogen-bond donors (Lipinski definition) is 1. The summed E-state index contributed by atoms with van der Waals surface area (Å²) in [5.41, 5.74) is 5.85. The summed E-state index contributed by atoms with van der Waals surface area (Å²) in [5, 5.41) is 0. The van der Waals surface area contributed by atoms with Gasteiger partial charge >= 0.3 is 0 Å². The van der Waals surface area contributed by atoms with Gasteiger partial charge in [-0.3, -0.25) is 0 Å². The van der Waals surface area contributed by atoms with Gasteiger partial charge in [-0.05, 0) is 18.8 Å². The predicted octanol–water partition coefficient (Wildman–Crippen LogP) is 2.25. The van der Waals surface area contributed by atoms with Crippen molar-refractivity contribution in [2.45, 2.75) is 46.1 Å². The molecule has 94 valence electrons. The number of aryl methyl sites for hydroxylation is 1. The minimum atomic E-state index is 0.584. The van der Waals surface area contributed by atoms with Crippen LogP contribution >= 0.6 is 0 Å². The quantitative estimate of drug-likeness (QED) is 0.849. The summed E-state index contributed by atoms with van der Waals surface area (Å²) in [4.78, 5) is 11.2. The largest absolute Gasteiger partial charge is 0.384 e. The highest BCUT2D eigenvalue weighted by Gasteiger charge is 2.30. The maximum atomic E-state index is 5.85. The Labute approximate surface area is 103 Å². The molecular formula is C13H22N4. The zero-order valence-electron chi connectivity index (χ0n) is 11.0. The van der Waals surface area contributed by atoms with E-state index in [0.717, 1.165) is 24.6 Å².